The Balaban J connectivity index is 0.000000249. The molecule has 18 nitrogen and oxygen atoms in total. The van der Waals surface area contributed by atoms with Crippen LogP contribution >= 0.6 is 45.3 Å². The van der Waals surface area contributed by atoms with Gasteiger partial charge in [-0.2, -0.15) is 0 Å². The van der Waals surface area contributed by atoms with E-state index in [9.17, 15) is 38.4 Å². The number of carbonyl (C=O) groups is 8. The fourth-order valence-electron chi connectivity index (χ4n) is 8.53. The van der Waals surface area contributed by atoms with Gasteiger partial charge in [0.2, 0.25) is 0 Å². The summed E-state index contributed by atoms with van der Waals surface area (Å²) >= 11 is 4.25. The first-order valence-electron chi connectivity index (χ1n) is 26.7. The first-order chi connectivity index (χ1) is 41.4. The molecule has 0 amide bonds. The number of thiophene rings is 4. The maximum Gasteiger partial charge on any atom is 0.306 e. The molecular formula is C61H58F4O18S4. The number of carboxylic acids is 2. The number of methoxy groups -OCH3 is 4. The summed E-state index contributed by atoms with van der Waals surface area (Å²) in [5.74, 6) is -8.37. The lowest BCUT2D eigenvalue weighted by Crippen LogP contribution is -2.14. The van der Waals surface area contributed by atoms with E-state index in [1.807, 2.05) is 0 Å². The maximum atomic E-state index is 15.5. The highest BCUT2D eigenvalue weighted by Crippen LogP contribution is 2.45. The van der Waals surface area contributed by atoms with Crippen molar-refractivity contribution in [1.82, 2.24) is 0 Å². The van der Waals surface area contributed by atoms with Gasteiger partial charge in [0.05, 0.1) is 73.5 Å². The Hall–Kier alpha value is -8.20. The van der Waals surface area contributed by atoms with Crippen molar-refractivity contribution >= 4 is 132 Å². The number of carbonyl (C=O) groups excluding carboxylic acids is 6. The number of aliphatic carboxylic acids is 2. The molecule has 4 aromatic heterocycles. The molecule has 26 heteroatoms. The van der Waals surface area contributed by atoms with Gasteiger partial charge >= 0.3 is 11.9 Å². The Morgan fingerprint density at radius 1 is 0.425 bits per heavy atom. The highest BCUT2D eigenvalue weighted by molar-refractivity contribution is 7.22. The number of fused-ring (bicyclic) bond motifs is 4. The summed E-state index contributed by atoms with van der Waals surface area (Å²) in [6.45, 7) is 5.43. The van der Waals surface area contributed by atoms with E-state index in [-0.39, 0.29) is 172 Å². The molecule has 0 radical (unpaired) electrons. The topological polar surface area (TPSA) is 251 Å². The zero-order valence-corrected chi connectivity index (χ0v) is 51.4. The molecule has 0 aliphatic heterocycles. The van der Waals surface area contributed by atoms with E-state index < -0.39 is 58.6 Å². The van der Waals surface area contributed by atoms with Crippen molar-refractivity contribution in [1.29, 1.82) is 0 Å². The van der Waals surface area contributed by atoms with Gasteiger partial charge in [-0.25, -0.2) is 17.6 Å². The zero-order valence-electron chi connectivity index (χ0n) is 48.1. The van der Waals surface area contributed by atoms with Crippen LogP contribution in [0.2, 0.25) is 0 Å². The SMILES string of the molecule is COc1cc2sc(C(=O)CCC(=O)O)cc2c(F)c1OCCCOc1c(OC)cc2sc(C(=O)C[C@H](C)C(C)=O)cc2c1F.COc1cc2sc(C(=O)CCC(C)=O)cc2c(F)c1OCCOc1c(OC)cc2sc(C(=O)C[C@H](C)C(=O)O)cc2c1F. The monoisotopic (exact) mass is 1280 g/mol. The Labute approximate surface area is 510 Å². The van der Waals surface area contributed by atoms with Crippen LogP contribution in [0, 0.1) is 35.1 Å². The summed E-state index contributed by atoms with van der Waals surface area (Å²) < 4.78 is 107. The number of benzene rings is 4. The number of hydrogen-bond donors (Lipinski definition) is 2. The normalized spacial score (nSPS) is 11.9. The quantitative estimate of drug-likeness (QED) is 0.0233. The van der Waals surface area contributed by atoms with Gasteiger partial charge < -0.3 is 52.9 Å². The van der Waals surface area contributed by atoms with Gasteiger partial charge in [0.25, 0.3) is 0 Å². The second-order valence-corrected chi connectivity index (χ2v) is 24.0. The number of rotatable bonds is 31. The van der Waals surface area contributed by atoms with Crippen LogP contribution in [-0.4, -0.2) is 112 Å². The van der Waals surface area contributed by atoms with Crippen molar-refractivity contribution in [2.75, 3.05) is 54.9 Å². The summed E-state index contributed by atoms with van der Waals surface area (Å²) in [5, 5.41) is 18.5. The molecule has 0 spiro atoms. The lowest BCUT2D eigenvalue weighted by atomic mass is 10.00. The first-order valence-corrected chi connectivity index (χ1v) is 29.9. The summed E-state index contributed by atoms with van der Waals surface area (Å²) in [7, 11) is 5.38. The van der Waals surface area contributed by atoms with Crippen molar-refractivity contribution in [3.05, 3.63) is 91.3 Å². The summed E-state index contributed by atoms with van der Waals surface area (Å²) in [5.41, 5.74) is 0. The molecule has 462 valence electrons. The van der Waals surface area contributed by atoms with Gasteiger partial charge in [-0.3, -0.25) is 33.6 Å². The van der Waals surface area contributed by atoms with Crippen molar-refractivity contribution in [3.8, 4) is 46.0 Å². The Bertz CT molecular complexity index is 3970. The van der Waals surface area contributed by atoms with Crippen molar-refractivity contribution < 1.29 is 104 Å². The van der Waals surface area contributed by atoms with Crippen LogP contribution in [0.5, 0.6) is 46.0 Å². The van der Waals surface area contributed by atoms with Gasteiger partial charge in [-0.05, 0) is 38.1 Å². The molecule has 0 aliphatic carbocycles. The minimum Gasteiger partial charge on any atom is -0.493 e. The number of ether oxygens (including phenoxy) is 8. The van der Waals surface area contributed by atoms with Crippen molar-refractivity contribution in [3.63, 3.8) is 0 Å². The van der Waals surface area contributed by atoms with Crippen LogP contribution in [0.15, 0.2) is 48.5 Å². The van der Waals surface area contributed by atoms with E-state index in [0.717, 1.165) is 45.3 Å². The molecule has 0 saturated carbocycles. The maximum absolute atomic E-state index is 15.5. The molecule has 2 atom stereocenters. The fraction of sp³-hybridized carbons (Fsp3) is 0.344. The molecule has 8 rings (SSSR count). The van der Waals surface area contributed by atoms with Crippen LogP contribution in [0.1, 0.15) is 111 Å². The van der Waals surface area contributed by atoms with Crippen LogP contribution < -0.4 is 37.9 Å². The van der Waals surface area contributed by atoms with E-state index >= 15 is 17.6 Å². The Morgan fingerprint density at radius 2 is 0.724 bits per heavy atom. The van der Waals surface area contributed by atoms with Crippen molar-refractivity contribution in [2.24, 2.45) is 11.8 Å². The molecule has 0 saturated heterocycles. The fourth-order valence-corrected chi connectivity index (χ4v) is 12.7. The predicted octanol–water partition coefficient (Wildman–Crippen LogP) is 13.8. The molecular weight excluding hydrogens is 1220 g/mol. The standard InChI is InChI=1S/C31H30F2O9S2.C30H28F2O9S2/c1-15(16(2)34)10-20(36)26-12-18-24(44-26)14-22(40-4)31(29(18)33)42-9-5-8-41-30-21(39-3)13-23-17(28(30)32)11-25(43-23)19(35)6-7-27(37)38;1-14(30(36)37)9-19(35)25-11-17-23(43-25)13-21(39-4)29(27(17)32)41-8-7-40-28-20(38-3)12-22-16(26(28)31)10-24(42-22)18(34)6-5-15(2)33/h11-15H,5-10H2,1-4H3,(H,37,38);10-14H,5-9H2,1-4H3,(H,36,37)/t15-;14-/m00/s1. The summed E-state index contributed by atoms with van der Waals surface area (Å²) in [6, 6.07) is 11.8. The van der Waals surface area contributed by atoms with Crippen LogP contribution in [0.3, 0.4) is 0 Å². The summed E-state index contributed by atoms with van der Waals surface area (Å²) in [4.78, 5) is 95.8. The van der Waals surface area contributed by atoms with E-state index in [0.29, 0.717) is 28.6 Å². The molecule has 0 aliphatic rings. The average molecular weight is 1280 g/mol. The molecule has 87 heavy (non-hydrogen) atoms. The van der Waals surface area contributed by atoms with Gasteiger partial charge in [-0.1, -0.05) is 13.8 Å². The van der Waals surface area contributed by atoms with E-state index in [2.05, 4.69) is 0 Å². The predicted molar refractivity (Wildman–Crippen MR) is 320 cm³/mol. The zero-order chi connectivity index (χ0) is 63.6. The molecule has 0 unspecified atom stereocenters. The third-order valence-corrected chi connectivity index (χ3v) is 17.9. The number of halogens is 4. The minimum atomic E-state index is -1.10. The van der Waals surface area contributed by atoms with Crippen LogP contribution in [-0.2, 0) is 19.2 Å². The number of Topliss-reactive ketones (excluding diaryl/α,β-unsaturated/α-hetero) is 6. The second-order valence-electron chi connectivity index (χ2n) is 19.7. The first kappa shape index (κ1) is 66.3. The van der Waals surface area contributed by atoms with Gasteiger partial charge in [0, 0.05) is 109 Å². The number of hydrogen-bond acceptors (Lipinski definition) is 20. The lowest BCUT2D eigenvalue weighted by Gasteiger charge is -2.14. The third-order valence-electron chi connectivity index (χ3n) is 13.4. The van der Waals surface area contributed by atoms with Crippen molar-refractivity contribution in [2.45, 2.75) is 72.6 Å². The minimum absolute atomic E-state index is 0.0162. The third kappa shape index (κ3) is 15.7. The largest absolute Gasteiger partial charge is 0.493 e. The lowest BCUT2D eigenvalue weighted by molar-refractivity contribution is -0.141. The highest BCUT2D eigenvalue weighted by Gasteiger charge is 2.27. The van der Waals surface area contributed by atoms with Gasteiger partial charge in [0.1, 0.15) is 24.8 Å². The van der Waals surface area contributed by atoms with E-state index in [1.54, 1.807) is 25.1 Å². The van der Waals surface area contributed by atoms with Gasteiger partial charge in [-0.15, -0.1) is 45.3 Å². The molecule has 4 heterocycles. The Morgan fingerprint density at radius 3 is 1.01 bits per heavy atom. The number of carboxylic acid groups (broad SMARTS) is 2. The Kier molecular flexibility index (Phi) is 22.5. The van der Waals surface area contributed by atoms with Crippen LogP contribution in [0.4, 0.5) is 17.6 Å². The highest BCUT2D eigenvalue weighted by atomic mass is 32.1. The van der Waals surface area contributed by atoms with Gasteiger partial charge in [0.15, 0.2) is 92.4 Å². The molecule has 0 fully saturated rings. The molecule has 2 N–H and O–H groups in total. The molecule has 8 aromatic rings. The van der Waals surface area contributed by atoms with E-state index in [4.69, 9.17) is 48.1 Å². The average Bonchev–Trinajstić information content (AvgIpc) is 2.08. The van der Waals surface area contributed by atoms with Crippen LogP contribution in [0.25, 0.3) is 40.3 Å². The van der Waals surface area contributed by atoms with E-state index in [1.165, 1.54) is 79.5 Å². The molecule has 0 bridgehead atoms. The number of ketones is 6. The summed E-state index contributed by atoms with van der Waals surface area (Å²) in [6.07, 6.45) is -0.371. The molecule has 4 aromatic carbocycles. The second kappa shape index (κ2) is 29.5. The smallest absolute Gasteiger partial charge is 0.306 e.